The van der Waals surface area contributed by atoms with Gasteiger partial charge in [-0.25, -0.2) is 4.79 Å². The Bertz CT molecular complexity index is 935. The fourth-order valence-electron chi connectivity index (χ4n) is 1.81. The molecule has 3 aromatic rings. The average Bonchev–Trinajstić information content (AvgIpc) is 2.56. The molecule has 4 nitrogen and oxygen atoms in total. The predicted octanol–water partition coefficient (Wildman–Crippen LogP) is 4.71. The fraction of sp³-hybridized carbons (Fsp3) is 0.158. The lowest BCUT2D eigenvalue weighted by Gasteiger charge is -2.01. The number of aliphatic carboxylic acids is 1. The number of rotatable bonds is 1. The lowest BCUT2D eigenvalue weighted by molar-refractivity contribution is -0.132. The summed E-state index contributed by atoms with van der Waals surface area (Å²) in [5.41, 5.74) is 0.199. The van der Waals surface area contributed by atoms with Gasteiger partial charge in [0.25, 0.3) is 0 Å². The maximum Gasteiger partial charge on any atom is 0.330 e. The van der Waals surface area contributed by atoms with Crippen molar-refractivity contribution in [2.24, 2.45) is 0 Å². The van der Waals surface area contributed by atoms with Gasteiger partial charge in [-0.15, -0.1) is 11.3 Å². The summed E-state index contributed by atoms with van der Waals surface area (Å²) in [6.45, 7) is 6.53. The summed E-state index contributed by atoms with van der Waals surface area (Å²) in [5, 5.41) is 17.4. The Kier molecular flexibility index (Phi) is 8.28. The van der Waals surface area contributed by atoms with E-state index < -0.39 is 5.97 Å². The van der Waals surface area contributed by atoms with Gasteiger partial charge >= 0.3 is 5.97 Å². The van der Waals surface area contributed by atoms with E-state index >= 15 is 0 Å². The predicted molar refractivity (Wildman–Crippen MR) is 106 cm³/mol. The summed E-state index contributed by atoms with van der Waals surface area (Å²) >= 11 is 7.66. The molecule has 132 valence electrons. The third-order valence-electron chi connectivity index (χ3n) is 2.92. The molecule has 2 aromatic carbocycles. The van der Waals surface area contributed by atoms with Gasteiger partial charge in [-0.05, 0) is 38.1 Å². The van der Waals surface area contributed by atoms with Crippen molar-refractivity contribution in [1.29, 1.82) is 0 Å². The van der Waals surface area contributed by atoms with E-state index in [0.717, 1.165) is 14.8 Å². The minimum atomic E-state index is -0.935. The fourth-order valence-corrected chi connectivity index (χ4v) is 3.23. The number of carbonyl (C=O) groups is 1. The first-order valence-corrected chi connectivity index (χ1v) is 8.62. The van der Waals surface area contributed by atoms with Crippen LogP contribution in [-0.2, 0) is 4.79 Å². The zero-order valence-corrected chi connectivity index (χ0v) is 15.5. The second-order valence-corrected chi connectivity index (χ2v) is 6.43. The first-order chi connectivity index (χ1) is 11.8. The van der Waals surface area contributed by atoms with Gasteiger partial charge in [0.05, 0.1) is 10.4 Å². The third-order valence-corrected chi connectivity index (χ3v) is 4.37. The lowest BCUT2D eigenvalue weighted by Crippen LogP contribution is -2.01. The third kappa shape index (κ3) is 5.67. The number of hydrogen-bond acceptors (Lipinski definition) is 4. The molecule has 0 amide bonds. The van der Waals surface area contributed by atoms with Crippen LogP contribution in [0.3, 0.4) is 0 Å². The smallest absolute Gasteiger partial charge is 0.330 e. The maximum absolute atomic E-state index is 12.2. The van der Waals surface area contributed by atoms with E-state index in [9.17, 15) is 9.59 Å². The van der Waals surface area contributed by atoms with E-state index in [2.05, 4.69) is 6.58 Å². The zero-order chi connectivity index (χ0) is 19.0. The molecule has 0 saturated heterocycles. The molecule has 0 aliphatic heterocycles. The first kappa shape index (κ1) is 20.8. The number of aliphatic hydroxyl groups is 1. The van der Waals surface area contributed by atoms with E-state index in [1.165, 1.54) is 6.92 Å². The molecule has 0 radical (unpaired) electrons. The van der Waals surface area contributed by atoms with Crippen LogP contribution in [0.15, 0.2) is 59.4 Å². The van der Waals surface area contributed by atoms with Crippen LogP contribution in [0.4, 0.5) is 0 Å². The molecule has 2 N–H and O–H groups in total. The van der Waals surface area contributed by atoms with Gasteiger partial charge < -0.3 is 10.2 Å². The van der Waals surface area contributed by atoms with Crippen molar-refractivity contribution in [2.45, 2.75) is 13.8 Å². The van der Waals surface area contributed by atoms with E-state index in [1.54, 1.807) is 24.3 Å². The molecule has 6 heteroatoms. The molecule has 0 saturated carbocycles. The molecule has 25 heavy (non-hydrogen) atoms. The highest BCUT2D eigenvalue weighted by Gasteiger charge is 2.07. The first-order valence-electron chi connectivity index (χ1n) is 7.43. The molecule has 0 aliphatic carbocycles. The number of carboxylic acid groups (broad SMARTS) is 1. The number of aliphatic hydroxyl groups excluding tert-OH is 1. The summed E-state index contributed by atoms with van der Waals surface area (Å²) in [7, 11) is 0. The Morgan fingerprint density at radius 2 is 1.68 bits per heavy atom. The minimum Gasteiger partial charge on any atom is -0.478 e. The summed E-state index contributed by atoms with van der Waals surface area (Å²) in [6.07, 6.45) is 0. The Balaban J connectivity index is 0.000000294. The minimum absolute atomic E-state index is 0.0231. The Morgan fingerprint density at radius 1 is 1.16 bits per heavy atom. The van der Waals surface area contributed by atoms with Crippen LogP contribution in [0.2, 0.25) is 5.02 Å². The lowest BCUT2D eigenvalue weighted by atomic mass is 10.2. The number of halogens is 1. The molecule has 0 spiro atoms. The largest absolute Gasteiger partial charge is 0.478 e. The van der Waals surface area contributed by atoms with Crippen LogP contribution in [0.5, 0.6) is 0 Å². The van der Waals surface area contributed by atoms with E-state index in [1.807, 2.05) is 36.4 Å². The molecule has 3 rings (SSSR count). The molecule has 0 unspecified atom stereocenters. The second kappa shape index (κ2) is 9.93. The van der Waals surface area contributed by atoms with Gasteiger partial charge in [0, 0.05) is 27.0 Å². The van der Waals surface area contributed by atoms with Crippen LogP contribution >= 0.6 is 22.9 Å². The monoisotopic (exact) mass is 378 g/mol. The molecule has 0 fully saturated rings. The van der Waals surface area contributed by atoms with E-state index in [4.69, 9.17) is 21.8 Å². The summed E-state index contributed by atoms with van der Waals surface area (Å²) in [5.74, 6) is -0.935. The van der Waals surface area contributed by atoms with Crippen molar-refractivity contribution in [3.05, 3.63) is 69.9 Å². The average molecular weight is 379 g/mol. The molecule has 0 aliphatic rings. The molecule has 0 bridgehead atoms. The Morgan fingerprint density at radius 3 is 2.24 bits per heavy atom. The maximum atomic E-state index is 12.2. The number of benzene rings is 2. The topological polar surface area (TPSA) is 74.6 Å². The second-order valence-electron chi connectivity index (χ2n) is 4.94. The highest BCUT2D eigenvalue weighted by atomic mass is 35.5. The van der Waals surface area contributed by atoms with Crippen LogP contribution in [0, 0.1) is 0 Å². The summed E-state index contributed by atoms with van der Waals surface area (Å²) < 4.78 is 1.94. The molecular formula is C19H19ClO4S. The van der Waals surface area contributed by atoms with Crippen LogP contribution in [0.1, 0.15) is 13.8 Å². The van der Waals surface area contributed by atoms with Crippen LogP contribution in [0.25, 0.3) is 20.2 Å². The van der Waals surface area contributed by atoms with Crippen molar-refractivity contribution in [3.8, 4) is 0 Å². The normalized spacial score (nSPS) is 9.60. The Hall–Kier alpha value is -2.21. The highest BCUT2D eigenvalue weighted by molar-refractivity contribution is 7.24. The summed E-state index contributed by atoms with van der Waals surface area (Å²) in [6, 6.07) is 13.2. The number of fused-ring (bicyclic) bond motifs is 2. The molecule has 1 heterocycles. The van der Waals surface area contributed by atoms with Gasteiger partial charge in [0.15, 0.2) is 5.43 Å². The zero-order valence-electron chi connectivity index (χ0n) is 14.0. The molecule has 1 aromatic heterocycles. The molecular weight excluding hydrogens is 360 g/mol. The van der Waals surface area contributed by atoms with Gasteiger partial charge in [-0.3, -0.25) is 4.79 Å². The van der Waals surface area contributed by atoms with E-state index in [0.29, 0.717) is 10.4 Å². The SMILES string of the molecule is C=C(C)C(=O)O.CCO.O=c1c2ccccc2sc2cccc(Cl)c12. The molecule has 0 atom stereocenters. The van der Waals surface area contributed by atoms with Crippen molar-refractivity contribution in [3.63, 3.8) is 0 Å². The van der Waals surface area contributed by atoms with Crippen molar-refractivity contribution in [2.75, 3.05) is 6.61 Å². The van der Waals surface area contributed by atoms with Crippen LogP contribution < -0.4 is 5.43 Å². The summed E-state index contributed by atoms with van der Waals surface area (Å²) in [4.78, 5) is 21.8. The van der Waals surface area contributed by atoms with Crippen molar-refractivity contribution < 1.29 is 15.0 Å². The van der Waals surface area contributed by atoms with Crippen LogP contribution in [-0.4, -0.2) is 22.8 Å². The Labute approximate surface area is 154 Å². The van der Waals surface area contributed by atoms with Gasteiger partial charge in [0.1, 0.15) is 0 Å². The van der Waals surface area contributed by atoms with Gasteiger partial charge in [-0.2, -0.15) is 0 Å². The number of hydrogen-bond donors (Lipinski definition) is 2. The number of carboxylic acids is 1. The van der Waals surface area contributed by atoms with Gasteiger partial charge in [0.2, 0.25) is 0 Å². The van der Waals surface area contributed by atoms with Gasteiger partial charge in [-0.1, -0.05) is 36.4 Å². The van der Waals surface area contributed by atoms with E-state index in [-0.39, 0.29) is 17.6 Å². The quantitative estimate of drug-likeness (QED) is 0.475. The standard InChI is InChI=1S/C13H7ClOS.C4H6O2.C2H6O/c14-9-5-3-7-11-12(9)13(15)8-4-1-2-6-10(8)16-11;1-3(2)4(5)6;1-2-3/h1-7H;1H2,2H3,(H,5,6);3H,2H2,1H3. The highest BCUT2D eigenvalue weighted by Crippen LogP contribution is 2.28. The van der Waals surface area contributed by atoms with Crippen molar-refractivity contribution in [1.82, 2.24) is 0 Å². The van der Waals surface area contributed by atoms with Crippen molar-refractivity contribution >= 4 is 49.1 Å².